The van der Waals surface area contributed by atoms with Crippen molar-refractivity contribution in [3.05, 3.63) is 72.9 Å². The van der Waals surface area contributed by atoms with E-state index in [1.807, 2.05) is 73.7 Å². The Bertz CT molecular complexity index is 1440. The average Bonchev–Trinajstić information content (AvgIpc) is 3.31. The van der Waals surface area contributed by atoms with Crippen molar-refractivity contribution in [3.8, 4) is 11.4 Å². The van der Waals surface area contributed by atoms with Crippen LogP contribution in [0.1, 0.15) is 6.92 Å². The molecule has 0 aliphatic rings. The topological polar surface area (TPSA) is 108 Å². The van der Waals surface area contributed by atoms with E-state index in [-0.39, 0.29) is 12.5 Å². The minimum atomic E-state index is -0.114. The fourth-order valence-corrected chi connectivity index (χ4v) is 3.67. The van der Waals surface area contributed by atoms with Crippen LogP contribution in [0.3, 0.4) is 0 Å². The van der Waals surface area contributed by atoms with E-state index in [1.165, 1.54) is 0 Å². The number of likely N-dealkylation sites (N-methyl/N-ethyl adjacent to an activating group) is 1. The lowest BCUT2D eigenvalue weighted by Gasteiger charge is -2.14. The third kappa shape index (κ3) is 4.37. The number of hydrogen-bond donors (Lipinski definition) is 4. The molecule has 8 heteroatoms. The average molecular weight is 438 g/mol. The first kappa shape index (κ1) is 20.6. The third-order valence-corrected chi connectivity index (χ3v) is 5.28. The van der Waals surface area contributed by atoms with Gasteiger partial charge >= 0.3 is 0 Å². The summed E-state index contributed by atoms with van der Waals surface area (Å²) in [6, 6.07) is 21.4. The molecule has 33 heavy (non-hydrogen) atoms. The van der Waals surface area contributed by atoms with Crippen LogP contribution in [0.25, 0.3) is 33.2 Å². The molecule has 2 aromatic heterocycles. The molecule has 1 amide bonds. The Morgan fingerprint density at radius 1 is 1.00 bits per heavy atom. The third-order valence-electron chi connectivity index (χ3n) is 5.28. The zero-order chi connectivity index (χ0) is 22.6. The van der Waals surface area contributed by atoms with Gasteiger partial charge in [-0.2, -0.15) is 5.10 Å². The fraction of sp³-hybridized carbons (Fsp3) is 0.120. The van der Waals surface area contributed by atoms with Crippen LogP contribution in [0.4, 0.5) is 17.2 Å². The molecule has 0 fully saturated rings. The van der Waals surface area contributed by atoms with E-state index in [1.54, 1.807) is 6.20 Å². The van der Waals surface area contributed by atoms with Gasteiger partial charge in [0.2, 0.25) is 5.91 Å². The number of rotatable bonds is 7. The summed E-state index contributed by atoms with van der Waals surface area (Å²) in [6.07, 6.45) is 1.79. The monoisotopic (exact) mass is 437 g/mol. The Balaban J connectivity index is 1.56. The van der Waals surface area contributed by atoms with Gasteiger partial charge < -0.3 is 16.0 Å². The number of benzene rings is 3. The number of para-hydroxylation sites is 2. The van der Waals surface area contributed by atoms with Crippen molar-refractivity contribution in [2.45, 2.75) is 6.92 Å². The minimum Gasteiger partial charge on any atom is -0.340 e. The lowest BCUT2D eigenvalue weighted by atomic mass is 10.1. The van der Waals surface area contributed by atoms with E-state index in [0.29, 0.717) is 17.3 Å². The van der Waals surface area contributed by atoms with E-state index < -0.39 is 0 Å². The van der Waals surface area contributed by atoms with E-state index >= 15 is 0 Å². The standard InChI is InChI=1S/C25H23N7O/c1-2-26-15-23(33)29-21-9-5-3-7-18(21)25-30-22-10-6-4-8-19(22)24(31-25)28-17-11-12-20-16(13-17)14-27-32-20/h3-14,26H,2,15H2,1H3,(H,27,32)(H,29,33)(H,28,30,31). The molecule has 0 saturated heterocycles. The first-order valence-electron chi connectivity index (χ1n) is 10.8. The number of amides is 1. The molecule has 4 N–H and O–H groups in total. The first-order valence-corrected chi connectivity index (χ1v) is 10.8. The SMILES string of the molecule is CCNCC(=O)Nc1ccccc1-c1nc(Nc2ccc3[nH]ncc3c2)c2ccccc2n1. The van der Waals surface area contributed by atoms with Crippen molar-refractivity contribution in [2.24, 2.45) is 0 Å². The van der Waals surface area contributed by atoms with Crippen molar-refractivity contribution in [3.63, 3.8) is 0 Å². The highest BCUT2D eigenvalue weighted by atomic mass is 16.1. The van der Waals surface area contributed by atoms with E-state index in [2.05, 4.69) is 26.1 Å². The molecule has 0 spiro atoms. The molecule has 0 radical (unpaired) electrons. The van der Waals surface area contributed by atoms with Gasteiger partial charge in [0.15, 0.2) is 5.82 Å². The van der Waals surface area contributed by atoms with Crippen LogP contribution in [-0.4, -0.2) is 39.2 Å². The summed E-state index contributed by atoms with van der Waals surface area (Å²) in [5.74, 6) is 1.10. The lowest BCUT2D eigenvalue weighted by molar-refractivity contribution is -0.115. The molecule has 5 rings (SSSR count). The normalized spacial score (nSPS) is 11.1. The molecular formula is C25H23N7O. The summed E-state index contributed by atoms with van der Waals surface area (Å²) in [5.41, 5.74) is 4.09. The highest BCUT2D eigenvalue weighted by Gasteiger charge is 2.14. The number of fused-ring (bicyclic) bond motifs is 2. The highest BCUT2D eigenvalue weighted by Crippen LogP contribution is 2.31. The van der Waals surface area contributed by atoms with Crippen LogP contribution >= 0.6 is 0 Å². The maximum Gasteiger partial charge on any atom is 0.238 e. The molecule has 164 valence electrons. The largest absolute Gasteiger partial charge is 0.340 e. The van der Waals surface area contributed by atoms with Gasteiger partial charge in [-0.25, -0.2) is 9.97 Å². The smallest absolute Gasteiger partial charge is 0.238 e. The summed E-state index contributed by atoms with van der Waals surface area (Å²) >= 11 is 0. The molecule has 0 saturated carbocycles. The lowest BCUT2D eigenvalue weighted by Crippen LogP contribution is -2.27. The highest BCUT2D eigenvalue weighted by molar-refractivity contribution is 5.97. The minimum absolute atomic E-state index is 0.114. The van der Waals surface area contributed by atoms with Crippen molar-refractivity contribution >= 4 is 44.9 Å². The molecular weight excluding hydrogens is 414 g/mol. The van der Waals surface area contributed by atoms with Gasteiger partial charge in [-0.15, -0.1) is 0 Å². The molecule has 8 nitrogen and oxygen atoms in total. The number of aromatic nitrogens is 4. The van der Waals surface area contributed by atoms with Gasteiger partial charge in [0.1, 0.15) is 5.82 Å². The Hall–Kier alpha value is -4.30. The van der Waals surface area contributed by atoms with Crippen LogP contribution in [0, 0.1) is 0 Å². The second-order valence-electron chi connectivity index (χ2n) is 7.58. The number of aromatic amines is 1. The van der Waals surface area contributed by atoms with Crippen LogP contribution in [0.15, 0.2) is 72.9 Å². The Morgan fingerprint density at radius 2 is 1.85 bits per heavy atom. The molecule has 2 heterocycles. The molecule has 0 bridgehead atoms. The molecule has 0 atom stereocenters. The van der Waals surface area contributed by atoms with Gasteiger partial charge in [0, 0.05) is 22.0 Å². The second-order valence-corrected chi connectivity index (χ2v) is 7.58. The summed E-state index contributed by atoms with van der Waals surface area (Å²) in [7, 11) is 0. The molecule has 0 aliphatic carbocycles. The fourth-order valence-electron chi connectivity index (χ4n) is 3.67. The van der Waals surface area contributed by atoms with E-state index in [4.69, 9.17) is 9.97 Å². The quantitative estimate of drug-likeness (QED) is 0.299. The van der Waals surface area contributed by atoms with Crippen molar-refractivity contribution < 1.29 is 4.79 Å². The first-order chi connectivity index (χ1) is 16.2. The number of hydrogen-bond acceptors (Lipinski definition) is 6. The molecule has 5 aromatic rings. The molecule has 3 aromatic carbocycles. The molecule has 0 aliphatic heterocycles. The van der Waals surface area contributed by atoms with E-state index in [9.17, 15) is 4.79 Å². The van der Waals surface area contributed by atoms with Crippen molar-refractivity contribution in [1.82, 2.24) is 25.5 Å². The summed E-state index contributed by atoms with van der Waals surface area (Å²) in [6.45, 7) is 2.93. The van der Waals surface area contributed by atoms with Crippen LogP contribution in [0.2, 0.25) is 0 Å². The summed E-state index contributed by atoms with van der Waals surface area (Å²) in [4.78, 5) is 22.0. The van der Waals surface area contributed by atoms with Crippen LogP contribution in [-0.2, 0) is 4.79 Å². The Morgan fingerprint density at radius 3 is 2.76 bits per heavy atom. The second kappa shape index (κ2) is 9.05. The number of anilines is 3. The summed E-state index contributed by atoms with van der Waals surface area (Å²) < 4.78 is 0. The van der Waals surface area contributed by atoms with Gasteiger partial charge in [-0.05, 0) is 49.0 Å². The maximum atomic E-state index is 12.3. The van der Waals surface area contributed by atoms with Crippen molar-refractivity contribution in [1.29, 1.82) is 0 Å². The predicted molar refractivity (Wildman–Crippen MR) is 132 cm³/mol. The van der Waals surface area contributed by atoms with Gasteiger partial charge in [0.05, 0.1) is 29.5 Å². The Kier molecular flexibility index (Phi) is 5.65. The number of carbonyl (C=O) groups excluding carboxylic acids is 1. The number of carbonyl (C=O) groups is 1. The van der Waals surface area contributed by atoms with Gasteiger partial charge in [-0.3, -0.25) is 9.89 Å². The zero-order valence-corrected chi connectivity index (χ0v) is 18.1. The van der Waals surface area contributed by atoms with E-state index in [0.717, 1.165) is 39.6 Å². The van der Waals surface area contributed by atoms with Gasteiger partial charge in [-0.1, -0.05) is 31.2 Å². The van der Waals surface area contributed by atoms with Crippen LogP contribution in [0.5, 0.6) is 0 Å². The Labute approximate surface area is 190 Å². The maximum absolute atomic E-state index is 12.3. The summed E-state index contributed by atoms with van der Waals surface area (Å²) in [5, 5.41) is 18.4. The van der Waals surface area contributed by atoms with Gasteiger partial charge in [0.25, 0.3) is 0 Å². The predicted octanol–water partition coefficient (Wildman–Crippen LogP) is 4.46. The number of nitrogens with one attached hydrogen (secondary N) is 4. The zero-order valence-electron chi connectivity index (χ0n) is 18.1. The van der Waals surface area contributed by atoms with Crippen molar-refractivity contribution in [2.75, 3.05) is 23.7 Å². The number of nitrogens with zero attached hydrogens (tertiary/aromatic N) is 3. The van der Waals surface area contributed by atoms with Crippen LogP contribution < -0.4 is 16.0 Å². The number of H-pyrrole nitrogens is 1. The molecule has 0 unspecified atom stereocenters.